The van der Waals surface area contributed by atoms with E-state index in [4.69, 9.17) is 0 Å². The number of halogens is 1. The fourth-order valence-corrected chi connectivity index (χ4v) is 3.85. The van der Waals surface area contributed by atoms with Gasteiger partial charge in [0.15, 0.2) is 0 Å². The number of Topliss-reactive ketones (excluding diaryl/α,β-unsaturated/α-hetero) is 1. The Morgan fingerprint density at radius 2 is 1.82 bits per heavy atom. The van der Waals surface area contributed by atoms with Crippen LogP contribution in [-0.2, 0) is 4.79 Å². The summed E-state index contributed by atoms with van der Waals surface area (Å²) in [6, 6.07) is 7.41. The van der Waals surface area contributed by atoms with Gasteiger partial charge in [0.2, 0.25) is 0 Å². The molecule has 1 aromatic rings. The summed E-state index contributed by atoms with van der Waals surface area (Å²) in [5.74, 6) is 0.445. The van der Waals surface area contributed by atoms with Crippen LogP contribution in [0.5, 0.6) is 0 Å². The molecule has 3 rings (SSSR count). The highest BCUT2D eigenvalue weighted by Crippen LogP contribution is 2.39. The minimum Gasteiger partial charge on any atom is -0.365 e. The van der Waals surface area contributed by atoms with E-state index in [1.165, 1.54) is 24.1 Å². The van der Waals surface area contributed by atoms with Crippen molar-refractivity contribution in [2.45, 2.75) is 44.7 Å². The number of benzene rings is 1. The first-order valence-electron chi connectivity index (χ1n) is 6.21. The molecular weight excluding hydrogens is 278 g/mol. The molecule has 3 heteroatoms. The number of aryl methyl sites for hydroxylation is 1. The summed E-state index contributed by atoms with van der Waals surface area (Å²) in [5, 5.41) is 0. The quantitative estimate of drug-likeness (QED) is 0.790. The third kappa shape index (κ3) is 2.01. The second kappa shape index (κ2) is 4.13. The third-order valence-corrected chi connectivity index (χ3v) is 4.33. The van der Waals surface area contributed by atoms with Gasteiger partial charge in [0.05, 0.1) is 0 Å². The van der Waals surface area contributed by atoms with E-state index in [0.29, 0.717) is 17.9 Å². The third-order valence-electron chi connectivity index (χ3n) is 3.87. The van der Waals surface area contributed by atoms with Crippen molar-refractivity contribution in [2.75, 3.05) is 4.90 Å². The lowest BCUT2D eigenvalue weighted by Crippen LogP contribution is -2.43. The van der Waals surface area contributed by atoms with Crippen molar-refractivity contribution < 1.29 is 4.79 Å². The van der Waals surface area contributed by atoms with Gasteiger partial charge in [0, 0.05) is 35.1 Å². The minimum atomic E-state index is 0.440. The molecule has 0 radical (unpaired) electrons. The maximum Gasteiger partial charge on any atom is 0.137 e. The number of hydrogen-bond donors (Lipinski definition) is 0. The Balaban J connectivity index is 1.97. The molecule has 2 unspecified atom stereocenters. The van der Waals surface area contributed by atoms with Crippen molar-refractivity contribution in [1.29, 1.82) is 0 Å². The van der Waals surface area contributed by atoms with Gasteiger partial charge < -0.3 is 4.90 Å². The number of ketones is 1. The summed E-state index contributed by atoms with van der Waals surface area (Å²) in [6.45, 7) is 2.12. The van der Waals surface area contributed by atoms with Crippen LogP contribution in [-0.4, -0.2) is 17.9 Å². The van der Waals surface area contributed by atoms with Crippen LogP contribution in [0.4, 0.5) is 5.69 Å². The number of carbonyl (C=O) groups is 1. The topological polar surface area (TPSA) is 20.3 Å². The van der Waals surface area contributed by atoms with Crippen LogP contribution in [0, 0.1) is 6.92 Å². The summed E-state index contributed by atoms with van der Waals surface area (Å²) in [6.07, 6.45) is 3.81. The first-order chi connectivity index (χ1) is 8.13. The van der Waals surface area contributed by atoms with Gasteiger partial charge in [-0.3, -0.25) is 4.79 Å². The van der Waals surface area contributed by atoms with Gasteiger partial charge in [0.1, 0.15) is 5.78 Å². The lowest BCUT2D eigenvalue weighted by molar-refractivity contribution is -0.120. The molecule has 0 amide bonds. The molecular formula is C14H16BrNO. The molecule has 2 nitrogen and oxygen atoms in total. The van der Waals surface area contributed by atoms with Gasteiger partial charge in [-0.25, -0.2) is 0 Å². The van der Waals surface area contributed by atoms with E-state index in [1.54, 1.807) is 0 Å². The number of rotatable bonds is 1. The first-order valence-corrected chi connectivity index (χ1v) is 7.00. The summed E-state index contributed by atoms with van der Waals surface area (Å²) < 4.78 is 1.13. The zero-order valence-electron chi connectivity index (χ0n) is 9.95. The Labute approximate surface area is 110 Å². The summed E-state index contributed by atoms with van der Waals surface area (Å²) in [5.41, 5.74) is 2.54. The van der Waals surface area contributed by atoms with E-state index in [-0.39, 0.29) is 0 Å². The Kier molecular flexibility index (Phi) is 2.74. The van der Waals surface area contributed by atoms with E-state index < -0.39 is 0 Å². The lowest BCUT2D eigenvalue weighted by atomic mass is 10.00. The molecule has 2 fully saturated rings. The van der Waals surface area contributed by atoms with E-state index in [9.17, 15) is 4.79 Å². The van der Waals surface area contributed by atoms with Crippen molar-refractivity contribution in [3.05, 3.63) is 28.2 Å². The molecule has 2 bridgehead atoms. The zero-order chi connectivity index (χ0) is 12.0. The summed E-state index contributed by atoms with van der Waals surface area (Å²) in [4.78, 5) is 14.1. The van der Waals surface area contributed by atoms with Crippen LogP contribution in [0.3, 0.4) is 0 Å². The fourth-order valence-electron chi connectivity index (χ4n) is 3.26. The molecule has 17 heavy (non-hydrogen) atoms. The van der Waals surface area contributed by atoms with Crippen LogP contribution in [0.15, 0.2) is 22.7 Å². The first kappa shape index (κ1) is 11.3. The highest BCUT2D eigenvalue weighted by Gasteiger charge is 2.40. The molecule has 2 aliphatic heterocycles. The maximum absolute atomic E-state index is 11.6. The average molecular weight is 294 g/mol. The van der Waals surface area contributed by atoms with Crippen molar-refractivity contribution >= 4 is 27.4 Å². The van der Waals surface area contributed by atoms with Crippen LogP contribution in [0.1, 0.15) is 31.2 Å². The number of nitrogens with zero attached hydrogens (tertiary/aromatic N) is 1. The molecule has 90 valence electrons. The Hall–Kier alpha value is -0.830. The monoisotopic (exact) mass is 293 g/mol. The molecule has 0 spiro atoms. The number of fused-ring (bicyclic) bond motifs is 2. The molecule has 1 aromatic carbocycles. The second-order valence-electron chi connectivity index (χ2n) is 5.23. The van der Waals surface area contributed by atoms with Crippen molar-refractivity contribution in [2.24, 2.45) is 0 Å². The Morgan fingerprint density at radius 1 is 1.18 bits per heavy atom. The van der Waals surface area contributed by atoms with E-state index in [0.717, 1.165) is 17.3 Å². The van der Waals surface area contributed by atoms with Crippen molar-refractivity contribution in [1.82, 2.24) is 0 Å². The second-order valence-corrected chi connectivity index (χ2v) is 6.14. The molecule has 0 saturated carbocycles. The molecule has 0 aromatic heterocycles. The van der Waals surface area contributed by atoms with Gasteiger partial charge >= 0.3 is 0 Å². The number of piperidine rings is 1. The zero-order valence-corrected chi connectivity index (χ0v) is 11.5. The SMILES string of the molecule is Cc1cc(Br)cc(N2C3CCC2CC(=O)C3)c1. The van der Waals surface area contributed by atoms with E-state index in [2.05, 4.69) is 46.0 Å². The summed E-state index contributed by atoms with van der Waals surface area (Å²) in [7, 11) is 0. The highest BCUT2D eigenvalue weighted by molar-refractivity contribution is 9.10. The smallest absolute Gasteiger partial charge is 0.137 e. The van der Waals surface area contributed by atoms with E-state index in [1.807, 2.05) is 0 Å². The minimum absolute atomic E-state index is 0.440. The predicted octanol–water partition coefficient (Wildman–Crippen LogP) is 3.46. The predicted molar refractivity (Wildman–Crippen MR) is 72.4 cm³/mol. The van der Waals surface area contributed by atoms with Crippen molar-refractivity contribution in [3.8, 4) is 0 Å². The molecule has 2 atom stereocenters. The van der Waals surface area contributed by atoms with Gasteiger partial charge in [-0.2, -0.15) is 0 Å². The van der Waals surface area contributed by atoms with Crippen LogP contribution in [0.25, 0.3) is 0 Å². The molecule has 0 N–H and O–H groups in total. The average Bonchev–Trinajstić information content (AvgIpc) is 2.50. The van der Waals surface area contributed by atoms with Gasteiger partial charge in [0.25, 0.3) is 0 Å². The Bertz CT molecular complexity index is 435. The number of hydrogen-bond acceptors (Lipinski definition) is 2. The van der Waals surface area contributed by atoms with Crippen LogP contribution < -0.4 is 4.90 Å². The normalized spacial score (nSPS) is 27.6. The van der Waals surface area contributed by atoms with E-state index >= 15 is 0 Å². The van der Waals surface area contributed by atoms with Gasteiger partial charge in [-0.05, 0) is 43.5 Å². The maximum atomic E-state index is 11.6. The van der Waals surface area contributed by atoms with Crippen molar-refractivity contribution in [3.63, 3.8) is 0 Å². The molecule has 0 aliphatic carbocycles. The highest BCUT2D eigenvalue weighted by atomic mass is 79.9. The van der Waals surface area contributed by atoms with Crippen LogP contribution in [0.2, 0.25) is 0 Å². The fraction of sp³-hybridized carbons (Fsp3) is 0.500. The van der Waals surface area contributed by atoms with Gasteiger partial charge in [-0.1, -0.05) is 15.9 Å². The molecule has 2 aliphatic rings. The lowest BCUT2D eigenvalue weighted by Gasteiger charge is -2.36. The number of carbonyl (C=O) groups excluding carboxylic acids is 1. The number of anilines is 1. The molecule has 2 heterocycles. The van der Waals surface area contributed by atoms with Gasteiger partial charge in [-0.15, -0.1) is 0 Å². The molecule has 2 saturated heterocycles. The Morgan fingerprint density at radius 3 is 2.41 bits per heavy atom. The van der Waals surface area contributed by atoms with Crippen LogP contribution >= 0.6 is 15.9 Å². The summed E-state index contributed by atoms with van der Waals surface area (Å²) >= 11 is 3.56. The standard InChI is InChI=1S/C14H16BrNO/c1-9-4-10(15)6-13(5-9)16-11-2-3-12(16)8-14(17)7-11/h4-6,11-12H,2-3,7-8H2,1H3. The largest absolute Gasteiger partial charge is 0.365 e.